The van der Waals surface area contributed by atoms with Crippen molar-refractivity contribution in [2.45, 2.75) is 25.7 Å². The van der Waals surface area contributed by atoms with Gasteiger partial charge in [0.05, 0.1) is 0 Å². The van der Waals surface area contributed by atoms with Crippen LogP contribution in [0, 0.1) is 0 Å². The molecule has 0 aliphatic carbocycles. The van der Waals surface area contributed by atoms with E-state index in [4.69, 9.17) is 5.21 Å². The molecule has 0 radical (unpaired) electrons. The Hall–Kier alpha value is -0.570. The van der Waals surface area contributed by atoms with Gasteiger partial charge >= 0.3 is 0 Å². The van der Waals surface area contributed by atoms with Gasteiger partial charge in [-0.3, -0.25) is 10.0 Å². The van der Waals surface area contributed by atoms with E-state index in [-0.39, 0.29) is 5.91 Å². The lowest BCUT2D eigenvalue weighted by molar-refractivity contribution is -0.164. The van der Waals surface area contributed by atoms with E-state index in [1.807, 2.05) is 0 Å². The minimum atomic E-state index is -0.132. The fourth-order valence-corrected chi connectivity index (χ4v) is 0.968. The molecule has 0 aromatic heterocycles. The van der Waals surface area contributed by atoms with Gasteiger partial charge in [0.2, 0.25) is 5.91 Å². The van der Waals surface area contributed by atoms with Crippen molar-refractivity contribution in [1.82, 2.24) is 5.06 Å². The number of carbonyl (C=O) groups excluding carboxylic acids is 1. The van der Waals surface area contributed by atoms with Crippen LogP contribution in [0.2, 0.25) is 0 Å². The van der Waals surface area contributed by atoms with Crippen molar-refractivity contribution < 1.29 is 10.0 Å². The van der Waals surface area contributed by atoms with E-state index in [0.29, 0.717) is 13.0 Å². The van der Waals surface area contributed by atoms with E-state index in [9.17, 15) is 4.79 Å². The first-order valence-corrected chi connectivity index (χ1v) is 3.30. The molecule has 1 N–H and O–H groups in total. The molecule has 1 fully saturated rings. The van der Waals surface area contributed by atoms with Gasteiger partial charge in [0.1, 0.15) is 0 Å². The predicted molar refractivity (Wildman–Crippen MR) is 32.0 cm³/mol. The molecule has 0 aromatic rings. The molecule has 3 heteroatoms. The Balaban J connectivity index is 2.41. The van der Waals surface area contributed by atoms with E-state index in [1.165, 1.54) is 0 Å². The normalized spacial score (nSPS) is 21.9. The summed E-state index contributed by atoms with van der Waals surface area (Å²) >= 11 is 0. The van der Waals surface area contributed by atoms with Gasteiger partial charge in [-0.1, -0.05) is 6.42 Å². The Morgan fingerprint density at radius 2 is 2.11 bits per heavy atom. The minimum Gasteiger partial charge on any atom is -0.286 e. The van der Waals surface area contributed by atoms with Crippen LogP contribution < -0.4 is 0 Å². The molecule has 0 saturated carbocycles. The van der Waals surface area contributed by atoms with Crippen LogP contribution in [-0.4, -0.2) is 22.7 Å². The first-order valence-electron chi connectivity index (χ1n) is 3.30. The molecular weight excluding hydrogens is 118 g/mol. The van der Waals surface area contributed by atoms with Gasteiger partial charge in [-0.15, -0.1) is 0 Å². The summed E-state index contributed by atoms with van der Waals surface area (Å²) in [5, 5.41) is 9.67. The number of carbonyl (C=O) groups is 1. The molecule has 0 spiro atoms. The lowest BCUT2D eigenvalue weighted by atomic mass is 10.2. The standard InChI is InChI=1S/C6H11NO2/c8-6-4-2-1-3-5-7(6)9/h9H,1-5H2. The molecule has 0 aromatic carbocycles. The summed E-state index contributed by atoms with van der Waals surface area (Å²) in [6.07, 6.45) is 3.43. The summed E-state index contributed by atoms with van der Waals surface area (Å²) in [6, 6.07) is 0. The van der Waals surface area contributed by atoms with Gasteiger partial charge in [-0.05, 0) is 12.8 Å². The zero-order valence-corrected chi connectivity index (χ0v) is 5.34. The second kappa shape index (κ2) is 2.82. The quantitative estimate of drug-likeness (QED) is 0.491. The van der Waals surface area contributed by atoms with Crippen LogP contribution in [0.15, 0.2) is 0 Å². The third-order valence-electron chi connectivity index (χ3n) is 1.55. The Labute approximate surface area is 54.2 Å². The molecule has 0 atom stereocenters. The molecular formula is C6H11NO2. The minimum absolute atomic E-state index is 0.132. The molecule has 0 unspecified atom stereocenters. The van der Waals surface area contributed by atoms with Crippen LogP contribution in [0.3, 0.4) is 0 Å². The van der Waals surface area contributed by atoms with Gasteiger partial charge < -0.3 is 0 Å². The topological polar surface area (TPSA) is 40.5 Å². The number of hydrogen-bond donors (Lipinski definition) is 1. The van der Waals surface area contributed by atoms with E-state index < -0.39 is 0 Å². The fraction of sp³-hybridized carbons (Fsp3) is 0.833. The van der Waals surface area contributed by atoms with Crippen molar-refractivity contribution in [3.63, 3.8) is 0 Å². The van der Waals surface area contributed by atoms with Crippen molar-refractivity contribution in [3.05, 3.63) is 0 Å². The Bertz CT molecular complexity index is 114. The zero-order valence-electron chi connectivity index (χ0n) is 5.34. The second-order valence-corrected chi connectivity index (χ2v) is 2.33. The molecule has 1 aliphatic heterocycles. The maximum absolute atomic E-state index is 10.7. The first kappa shape index (κ1) is 6.55. The predicted octanol–water partition coefficient (Wildman–Crippen LogP) is 0.778. The molecule has 1 rings (SSSR count). The van der Waals surface area contributed by atoms with Crippen molar-refractivity contribution in [3.8, 4) is 0 Å². The van der Waals surface area contributed by atoms with Crippen LogP contribution in [0.4, 0.5) is 0 Å². The number of hydrogen-bond acceptors (Lipinski definition) is 2. The summed E-state index contributed by atoms with van der Waals surface area (Å²) in [5.41, 5.74) is 0. The highest BCUT2D eigenvalue weighted by molar-refractivity contribution is 5.74. The zero-order chi connectivity index (χ0) is 6.69. The third-order valence-corrected chi connectivity index (χ3v) is 1.55. The molecule has 3 nitrogen and oxygen atoms in total. The monoisotopic (exact) mass is 129 g/mol. The van der Waals surface area contributed by atoms with E-state index >= 15 is 0 Å². The summed E-state index contributed by atoms with van der Waals surface area (Å²) in [7, 11) is 0. The van der Waals surface area contributed by atoms with Gasteiger partial charge in [0.25, 0.3) is 0 Å². The summed E-state index contributed by atoms with van der Waals surface area (Å²) < 4.78 is 0. The van der Waals surface area contributed by atoms with Crippen LogP contribution >= 0.6 is 0 Å². The van der Waals surface area contributed by atoms with Crippen molar-refractivity contribution in [2.75, 3.05) is 6.54 Å². The maximum atomic E-state index is 10.7. The Morgan fingerprint density at radius 1 is 1.33 bits per heavy atom. The Kier molecular flexibility index (Phi) is 2.05. The van der Waals surface area contributed by atoms with Gasteiger partial charge in [0, 0.05) is 13.0 Å². The van der Waals surface area contributed by atoms with Gasteiger partial charge in [-0.2, -0.15) is 0 Å². The smallest absolute Gasteiger partial charge is 0.245 e. The lowest BCUT2D eigenvalue weighted by Crippen LogP contribution is -2.25. The van der Waals surface area contributed by atoms with E-state index in [0.717, 1.165) is 24.3 Å². The molecule has 1 aliphatic rings. The average molecular weight is 129 g/mol. The molecule has 52 valence electrons. The average Bonchev–Trinajstić information content (AvgIpc) is 1.99. The van der Waals surface area contributed by atoms with Crippen LogP contribution in [0.1, 0.15) is 25.7 Å². The number of amides is 1. The molecule has 1 heterocycles. The summed E-state index contributed by atoms with van der Waals surface area (Å²) in [5.74, 6) is -0.132. The number of rotatable bonds is 0. The molecule has 1 amide bonds. The lowest BCUT2D eigenvalue weighted by Gasteiger charge is -2.09. The second-order valence-electron chi connectivity index (χ2n) is 2.33. The number of hydroxylamine groups is 2. The van der Waals surface area contributed by atoms with Crippen LogP contribution in [-0.2, 0) is 4.79 Å². The van der Waals surface area contributed by atoms with Crippen LogP contribution in [0.25, 0.3) is 0 Å². The summed E-state index contributed by atoms with van der Waals surface area (Å²) in [4.78, 5) is 10.7. The van der Waals surface area contributed by atoms with Crippen LogP contribution in [0.5, 0.6) is 0 Å². The molecule has 9 heavy (non-hydrogen) atoms. The van der Waals surface area contributed by atoms with Crippen molar-refractivity contribution in [1.29, 1.82) is 0 Å². The molecule has 0 bridgehead atoms. The van der Waals surface area contributed by atoms with Gasteiger partial charge in [0.15, 0.2) is 0 Å². The largest absolute Gasteiger partial charge is 0.286 e. The highest BCUT2D eigenvalue weighted by Gasteiger charge is 2.12. The molecule has 1 saturated heterocycles. The highest BCUT2D eigenvalue weighted by Crippen LogP contribution is 2.08. The fourth-order valence-electron chi connectivity index (χ4n) is 0.968. The van der Waals surface area contributed by atoms with Gasteiger partial charge in [-0.25, -0.2) is 5.06 Å². The maximum Gasteiger partial charge on any atom is 0.245 e. The van der Waals surface area contributed by atoms with Crippen molar-refractivity contribution >= 4 is 5.91 Å². The first-order chi connectivity index (χ1) is 4.30. The van der Waals surface area contributed by atoms with E-state index in [1.54, 1.807) is 0 Å². The number of nitrogens with zero attached hydrogens (tertiary/aromatic N) is 1. The highest BCUT2D eigenvalue weighted by atomic mass is 16.5. The Morgan fingerprint density at radius 3 is 2.89 bits per heavy atom. The SMILES string of the molecule is O=C1CCCCCN1O. The van der Waals surface area contributed by atoms with E-state index in [2.05, 4.69) is 0 Å². The third kappa shape index (κ3) is 1.68. The van der Waals surface area contributed by atoms with Crippen molar-refractivity contribution in [2.24, 2.45) is 0 Å². The summed E-state index contributed by atoms with van der Waals surface area (Å²) in [6.45, 7) is 0.513.